The molecular formula is C12H24N2. The van der Waals surface area contributed by atoms with Gasteiger partial charge in [0.1, 0.15) is 0 Å². The van der Waals surface area contributed by atoms with Gasteiger partial charge in [0.2, 0.25) is 0 Å². The van der Waals surface area contributed by atoms with Crippen LogP contribution < -0.4 is 11.1 Å². The van der Waals surface area contributed by atoms with Crippen molar-refractivity contribution in [2.24, 2.45) is 17.6 Å². The van der Waals surface area contributed by atoms with Gasteiger partial charge in [-0.05, 0) is 57.4 Å². The van der Waals surface area contributed by atoms with Crippen molar-refractivity contribution in [1.29, 1.82) is 0 Å². The van der Waals surface area contributed by atoms with Crippen LogP contribution >= 0.6 is 0 Å². The summed E-state index contributed by atoms with van der Waals surface area (Å²) >= 11 is 0. The third kappa shape index (κ3) is 2.12. The van der Waals surface area contributed by atoms with Crippen LogP contribution in [0.2, 0.25) is 0 Å². The lowest BCUT2D eigenvalue weighted by atomic mass is 9.71. The van der Waals surface area contributed by atoms with Crippen LogP contribution in [0.4, 0.5) is 0 Å². The fourth-order valence-electron chi connectivity index (χ4n) is 3.00. The fraction of sp³-hybridized carbons (Fsp3) is 1.00. The highest BCUT2D eigenvalue weighted by Crippen LogP contribution is 2.36. The molecule has 0 amide bonds. The molecule has 0 saturated heterocycles. The van der Waals surface area contributed by atoms with E-state index in [0.717, 1.165) is 17.9 Å². The van der Waals surface area contributed by atoms with E-state index in [-0.39, 0.29) is 0 Å². The van der Waals surface area contributed by atoms with E-state index in [9.17, 15) is 0 Å². The largest absolute Gasteiger partial charge is 0.327 e. The second kappa shape index (κ2) is 4.63. The summed E-state index contributed by atoms with van der Waals surface area (Å²) < 4.78 is 0. The maximum absolute atomic E-state index is 6.32. The molecule has 0 aromatic rings. The molecule has 2 nitrogen and oxygen atoms in total. The SMILES string of the molecule is CNC1CCC(C(N)C2CCC2)CC1. The van der Waals surface area contributed by atoms with Gasteiger partial charge in [0.05, 0.1) is 0 Å². The van der Waals surface area contributed by atoms with Crippen molar-refractivity contribution < 1.29 is 0 Å². The average Bonchev–Trinajstić information content (AvgIpc) is 2.15. The molecule has 82 valence electrons. The quantitative estimate of drug-likeness (QED) is 0.723. The molecule has 1 unspecified atom stereocenters. The molecule has 2 saturated carbocycles. The molecule has 0 aromatic carbocycles. The van der Waals surface area contributed by atoms with Gasteiger partial charge in [0.25, 0.3) is 0 Å². The second-order valence-corrected chi connectivity index (χ2v) is 5.17. The molecule has 0 radical (unpaired) electrons. The topological polar surface area (TPSA) is 38.0 Å². The summed E-state index contributed by atoms with van der Waals surface area (Å²) in [4.78, 5) is 0. The van der Waals surface area contributed by atoms with Gasteiger partial charge < -0.3 is 11.1 Å². The Hall–Kier alpha value is -0.0800. The second-order valence-electron chi connectivity index (χ2n) is 5.17. The van der Waals surface area contributed by atoms with Crippen molar-refractivity contribution in [1.82, 2.24) is 5.32 Å². The Bertz CT molecular complexity index is 169. The first-order valence-electron chi connectivity index (χ1n) is 6.24. The van der Waals surface area contributed by atoms with Crippen molar-refractivity contribution >= 4 is 0 Å². The molecule has 0 bridgehead atoms. The van der Waals surface area contributed by atoms with Crippen molar-refractivity contribution in [3.8, 4) is 0 Å². The van der Waals surface area contributed by atoms with E-state index in [2.05, 4.69) is 12.4 Å². The summed E-state index contributed by atoms with van der Waals surface area (Å²) in [7, 11) is 2.08. The molecule has 0 heterocycles. The minimum atomic E-state index is 0.515. The maximum Gasteiger partial charge on any atom is 0.00956 e. The van der Waals surface area contributed by atoms with Crippen LogP contribution in [-0.4, -0.2) is 19.1 Å². The van der Waals surface area contributed by atoms with Crippen LogP contribution in [0.1, 0.15) is 44.9 Å². The first kappa shape index (κ1) is 10.4. The predicted octanol–water partition coefficient (Wildman–Crippen LogP) is 1.89. The standard InChI is InChI=1S/C12H24N2/c1-14-11-7-5-10(6-8-11)12(13)9-3-2-4-9/h9-12,14H,2-8,13H2,1H3. The zero-order valence-electron chi connectivity index (χ0n) is 9.34. The van der Waals surface area contributed by atoms with E-state index in [0.29, 0.717) is 6.04 Å². The van der Waals surface area contributed by atoms with Gasteiger partial charge in [-0.3, -0.25) is 0 Å². The van der Waals surface area contributed by atoms with Gasteiger partial charge in [-0.2, -0.15) is 0 Å². The Balaban J connectivity index is 1.76. The summed E-state index contributed by atoms with van der Waals surface area (Å²) in [6.07, 6.45) is 9.58. The first-order valence-corrected chi connectivity index (χ1v) is 6.24. The Morgan fingerprint density at radius 2 is 1.57 bits per heavy atom. The lowest BCUT2D eigenvalue weighted by molar-refractivity contribution is 0.166. The van der Waals surface area contributed by atoms with Gasteiger partial charge in [-0.25, -0.2) is 0 Å². The van der Waals surface area contributed by atoms with E-state index in [1.807, 2.05) is 0 Å². The number of hydrogen-bond donors (Lipinski definition) is 2. The Morgan fingerprint density at radius 3 is 2.00 bits per heavy atom. The molecule has 0 aromatic heterocycles. The number of hydrogen-bond acceptors (Lipinski definition) is 2. The maximum atomic E-state index is 6.32. The van der Waals surface area contributed by atoms with E-state index in [4.69, 9.17) is 5.73 Å². The third-order valence-electron chi connectivity index (χ3n) is 4.42. The molecule has 0 aliphatic heterocycles. The van der Waals surface area contributed by atoms with E-state index >= 15 is 0 Å². The summed E-state index contributed by atoms with van der Waals surface area (Å²) in [5.74, 6) is 1.69. The predicted molar refractivity (Wildman–Crippen MR) is 60.1 cm³/mol. The molecule has 0 spiro atoms. The van der Waals surface area contributed by atoms with Crippen LogP contribution in [0.25, 0.3) is 0 Å². The zero-order chi connectivity index (χ0) is 9.97. The Morgan fingerprint density at radius 1 is 1.00 bits per heavy atom. The Kier molecular flexibility index (Phi) is 3.45. The number of nitrogens with two attached hydrogens (primary N) is 1. The molecule has 2 aliphatic carbocycles. The lowest BCUT2D eigenvalue weighted by Gasteiger charge is -2.39. The molecule has 2 fully saturated rings. The van der Waals surface area contributed by atoms with Gasteiger partial charge in [0.15, 0.2) is 0 Å². The number of rotatable bonds is 3. The van der Waals surface area contributed by atoms with E-state index in [1.54, 1.807) is 0 Å². The highest BCUT2D eigenvalue weighted by molar-refractivity contribution is 4.88. The molecule has 3 N–H and O–H groups in total. The van der Waals surface area contributed by atoms with Crippen LogP contribution in [0.15, 0.2) is 0 Å². The van der Waals surface area contributed by atoms with Crippen molar-refractivity contribution in [2.45, 2.75) is 57.0 Å². The monoisotopic (exact) mass is 196 g/mol. The summed E-state index contributed by atoms with van der Waals surface area (Å²) in [6.45, 7) is 0. The minimum absolute atomic E-state index is 0.515. The molecular weight excluding hydrogens is 172 g/mol. The highest BCUT2D eigenvalue weighted by Gasteiger charge is 2.32. The minimum Gasteiger partial charge on any atom is -0.327 e. The summed E-state index contributed by atoms with van der Waals surface area (Å²) in [5, 5.41) is 3.38. The zero-order valence-corrected chi connectivity index (χ0v) is 9.34. The van der Waals surface area contributed by atoms with Gasteiger partial charge >= 0.3 is 0 Å². The van der Waals surface area contributed by atoms with Gasteiger partial charge in [-0.15, -0.1) is 0 Å². The Labute approximate surface area is 87.6 Å². The van der Waals surface area contributed by atoms with Crippen molar-refractivity contribution in [2.75, 3.05) is 7.05 Å². The summed E-state index contributed by atoms with van der Waals surface area (Å²) in [6, 6.07) is 1.28. The van der Waals surface area contributed by atoms with Crippen LogP contribution in [-0.2, 0) is 0 Å². The van der Waals surface area contributed by atoms with Crippen LogP contribution in [0, 0.1) is 11.8 Å². The van der Waals surface area contributed by atoms with Crippen LogP contribution in [0.5, 0.6) is 0 Å². The average molecular weight is 196 g/mol. The molecule has 1 atom stereocenters. The van der Waals surface area contributed by atoms with Crippen LogP contribution in [0.3, 0.4) is 0 Å². The van der Waals surface area contributed by atoms with Gasteiger partial charge in [0, 0.05) is 12.1 Å². The molecule has 14 heavy (non-hydrogen) atoms. The normalized spacial score (nSPS) is 36.4. The fourth-order valence-corrected chi connectivity index (χ4v) is 3.00. The van der Waals surface area contributed by atoms with Gasteiger partial charge in [-0.1, -0.05) is 6.42 Å². The molecule has 2 heteroatoms. The van der Waals surface area contributed by atoms with E-state index in [1.165, 1.54) is 44.9 Å². The third-order valence-corrected chi connectivity index (χ3v) is 4.42. The van der Waals surface area contributed by atoms with Crippen molar-refractivity contribution in [3.63, 3.8) is 0 Å². The smallest absolute Gasteiger partial charge is 0.00956 e. The molecule has 2 aliphatic rings. The highest BCUT2D eigenvalue weighted by atomic mass is 14.9. The first-order chi connectivity index (χ1) is 6.81. The lowest BCUT2D eigenvalue weighted by Crippen LogP contribution is -2.44. The van der Waals surface area contributed by atoms with E-state index < -0.39 is 0 Å². The van der Waals surface area contributed by atoms with Crippen molar-refractivity contribution in [3.05, 3.63) is 0 Å². The molecule has 2 rings (SSSR count). The number of nitrogens with one attached hydrogen (secondary N) is 1. The summed E-state index contributed by atoms with van der Waals surface area (Å²) in [5.41, 5.74) is 6.32.